The van der Waals surface area contributed by atoms with Crippen molar-refractivity contribution in [3.63, 3.8) is 0 Å². The number of halogens is 1. The van der Waals surface area contributed by atoms with E-state index in [9.17, 15) is 14.7 Å². The number of likely N-dealkylation sites (tertiary alicyclic amines) is 1. The van der Waals surface area contributed by atoms with E-state index in [1.54, 1.807) is 24.3 Å². The third kappa shape index (κ3) is 5.69. The van der Waals surface area contributed by atoms with Crippen molar-refractivity contribution in [2.75, 3.05) is 25.0 Å². The van der Waals surface area contributed by atoms with Gasteiger partial charge in [0.25, 0.3) is 0 Å². The summed E-state index contributed by atoms with van der Waals surface area (Å²) >= 11 is 7.34. The van der Waals surface area contributed by atoms with E-state index in [0.29, 0.717) is 49.0 Å². The lowest BCUT2D eigenvalue weighted by Crippen LogP contribution is -2.43. The summed E-state index contributed by atoms with van der Waals surface area (Å²) in [5.41, 5.74) is 0.429. The van der Waals surface area contributed by atoms with Crippen molar-refractivity contribution in [3.8, 4) is 5.75 Å². The number of carbonyl (C=O) groups excluding carboxylic acids is 2. The molecule has 0 saturated carbocycles. The Morgan fingerprint density at radius 3 is 2.59 bits per heavy atom. The number of phenolic OH excluding ortho intramolecular Hbond substituents is 1. The smallest absolute Gasteiger partial charge is 0.234 e. The second kappa shape index (κ2) is 9.21. The van der Waals surface area contributed by atoms with Crippen LogP contribution in [0.5, 0.6) is 5.75 Å². The SMILES string of the molecule is O=C(CN1CCC(C(=O)Nc2ccccc2O)CC1)NCc1ccc(Cl)s1. The molecule has 6 nitrogen and oxygen atoms in total. The molecule has 1 aromatic heterocycles. The molecule has 1 aliphatic heterocycles. The molecule has 3 N–H and O–H groups in total. The van der Waals surface area contributed by atoms with Gasteiger partial charge in [-0.1, -0.05) is 23.7 Å². The number of amides is 2. The molecular formula is C19H22ClN3O3S. The maximum Gasteiger partial charge on any atom is 0.234 e. The molecule has 0 aliphatic carbocycles. The molecule has 3 rings (SSSR count). The van der Waals surface area contributed by atoms with E-state index in [-0.39, 0.29) is 23.5 Å². The number of hydrogen-bond donors (Lipinski definition) is 3. The number of thiophene rings is 1. The molecule has 0 unspecified atom stereocenters. The van der Waals surface area contributed by atoms with Crippen molar-refractivity contribution < 1.29 is 14.7 Å². The van der Waals surface area contributed by atoms with E-state index >= 15 is 0 Å². The summed E-state index contributed by atoms with van der Waals surface area (Å²) in [6, 6.07) is 10.4. The van der Waals surface area contributed by atoms with Gasteiger partial charge in [0.1, 0.15) is 5.75 Å². The average Bonchev–Trinajstić information content (AvgIpc) is 3.08. The maximum atomic E-state index is 12.4. The zero-order valence-electron chi connectivity index (χ0n) is 14.8. The van der Waals surface area contributed by atoms with Crippen LogP contribution in [0.2, 0.25) is 4.34 Å². The first-order valence-corrected chi connectivity index (χ1v) is 10.0. The van der Waals surface area contributed by atoms with E-state index in [1.165, 1.54) is 11.3 Å². The fourth-order valence-electron chi connectivity index (χ4n) is 3.06. The fraction of sp³-hybridized carbons (Fsp3) is 0.368. The van der Waals surface area contributed by atoms with Gasteiger partial charge in [0, 0.05) is 10.8 Å². The summed E-state index contributed by atoms with van der Waals surface area (Å²) in [4.78, 5) is 27.6. The molecule has 0 bridgehead atoms. The molecule has 0 atom stereocenters. The predicted octanol–water partition coefficient (Wildman–Crippen LogP) is 3.07. The number of phenols is 1. The highest BCUT2D eigenvalue weighted by molar-refractivity contribution is 7.16. The Labute approximate surface area is 167 Å². The van der Waals surface area contributed by atoms with Crippen molar-refractivity contribution in [1.29, 1.82) is 0 Å². The second-order valence-corrected chi connectivity index (χ2v) is 8.34. The van der Waals surface area contributed by atoms with E-state index in [4.69, 9.17) is 11.6 Å². The number of piperidine rings is 1. The van der Waals surface area contributed by atoms with Crippen LogP contribution < -0.4 is 10.6 Å². The number of rotatable bonds is 6. The van der Waals surface area contributed by atoms with Gasteiger partial charge in [0.05, 0.1) is 23.1 Å². The van der Waals surface area contributed by atoms with Crippen LogP contribution in [-0.4, -0.2) is 41.5 Å². The molecule has 0 radical (unpaired) electrons. The first-order valence-electron chi connectivity index (χ1n) is 8.83. The Kier molecular flexibility index (Phi) is 6.71. The third-order valence-corrected chi connectivity index (χ3v) is 5.81. The highest BCUT2D eigenvalue weighted by Crippen LogP contribution is 2.25. The molecule has 1 fully saturated rings. The molecule has 27 heavy (non-hydrogen) atoms. The molecule has 0 spiro atoms. The number of aromatic hydroxyl groups is 1. The lowest BCUT2D eigenvalue weighted by molar-refractivity contribution is -0.123. The van der Waals surface area contributed by atoms with Crippen LogP contribution in [0.4, 0.5) is 5.69 Å². The Morgan fingerprint density at radius 2 is 1.93 bits per heavy atom. The molecule has 8 heteroatoms. The third-order valence-electron chi connectivity index (χ3n) is 4.58. The number of nitrogens with zero attached hydrogens (tertiary/aromatic N) is 1. The zero-order valence-corrected chi connectivity index (χ0v) is 16.4. The van der Waals surface area contributed by atoms with E-state index in [0.717, 1.165) is 4.88 Å². The van der Waals surface area contributed by atoms with Crippen LogP contribution in [0.15, 0.2) is 36.4 Å². The van der Waals surface area contributed by atoms with Gasteiger partial charge in [-0.3, -0.25) is 14.5 Å². The average molecular weight is 408 g/mol. The molecular weight excluding hydrogens is 386 g/mol. The van der Waals surface area contributed by atoms with E-state index in [1.807, 2.05) is 12.1 Å². The normalized spacial score (nSPS) is 15.4. The highest BCUT2D eigenvalue weighted by Gasteiger charge is 2.26. The predicted molar refractivity (Wildman–Crippen MR) is 107 cm³/mol. The lowest BCUT2D eigenvalue weighted by atomic mass is 9.95. The minimum atomic E-state index is -0.114. The van der Waals surface area contributed by atoms with E-state index < -0.39 is 0 Å². The quantitative estimate of drug-likeness (QED) is 0.643. The van der Waals surface area contributed by atoms with Gasteiger partial charge in [-0.2, -0.15) is 0 Å². The van der Waals surface area contributed by atoms with Gasteiger partial charge in [0.15, 0.2) is 0 Å². The van der Waals surface area contributed by atoms with Crippen LogP contribution in [0, 0.1) is 5.92 Å². The summed E-state index contributed by atoms with van der Waals surface area (Å²) < 4.78 is 0.711. The maximum absolute atomic E-state index is 12.4. The topological polar surface area (TPSA) is 81.7 Å². The number of nitrogens with one attached hydrogen (secondary N) is 2. The first-order chi connectivity index (χ1) is 13.0. The summed E-state index contributed by atoms with van der Waals surface area (Å²) in [5, 5.41) is 15.4. The highest BCUT2D eigenvalue weighted by atomic mass is 35.5. The molecule has 1 aliphatic rings. The van der Waals surface area contributed by atoms with E-state index in [2.05, 4.69) is 15.5 Å². The largest absolute Gasteiger partial charge is 0.506 e. The van der Waals surface area contributed by atoms with Gasteiger partial charge in [-0.15, -0.1) is 11.3 Å². The van der Waals surface area contributed by atoms with Crippen LogP contribution in [0.1, 0.15) is 17.7 Å². The van der Waals surface area contributed by atoms with Crippen molar-refractivity contribution in [2.45, 2.75) is 19.4 Å². The van der Waals surface area contributed by atoms with Crippen molar-refractivity contribution in [3.05, 3.63) is 45.6 Å². The minimum absolute atomic E-state index is 0.0309. The van der Waals surface area contributed by atoms with Crippen molar-refractivity contribution >= 4 is 40.4 Å². The first kappa shape index (κ1) is 19.7. The summed E-state index contributed by atoms with van der Waals surface area (Å²) in [7, 11) is 0. The number of carbonyl (C=O) groups is 2. The van der Waals surface area contributed by atoms with Gasteiger partial charge in [0.2, 0.25) is 11.8 Å². The van der Waals surface area contributed by atoms with Crippen LogP contribution >= 0.6 is 22.9 Å². The molecule has 2 heterocycles. The number of anilines is 1. The summed E-state index contributed by atoms with van der Waals surface area (Å²) in [5.74, 6) is -0.170. The number of benzene rings is 1. The van der Waals surface area contributed by atoms with Crippen molar-refractivity contribution in [1.82, 2.24) is 10.2 Å². The molecule has 2 amide bonds. The van der Waals surface area contributed by atoms with Gasteiger partial charge >= 0.3 is 0 Å². The Balaban J connectivity index is 1.40. The standard InChI is InChI=1S/C19H22ClN3O3S/c20-17-6-5-14(27-17)11-21-18(25)12-23-9-7-13(8-10-23)19(26)22-15-3-1-2-4-16(15)24/h1-6,13,24H,7-12H2,(H,21,25)(H,22,26). The zero-order chi connectivity index (χ0) is 19.2. The molecule has 144 valence electrons. The Bertz CT molecular complexity index is 803. The lowest BCUT2D eigenvalue weighted by Gasteiger charge is -2.30. The molecule has 1 aromatic carbocycles. The second-order valence-electron chi connectivity index (χ2n) is 6.54. The molecule has 1 saturated heterocycles. The minimum Gasteiger partial charge on any atom is -0.506 e. The van der Waals surface area contributed by atoms with Crippen LogP contribution in [0.3, 0.4) is 0 Å². The fourth-order valence-corrected chi connectivity index (χ4v) is 4.09. The van der Waals surface area contributed by atoms with Crippen LogP contribution in [0.25, 0.3) is 0 Å². The number of para-hydroxylation sites is 2. The monoisotopic (exact) mass is 407 g/mol. The number of hydrogen-bond acceptors (Lipinski definition) is 5. The van der Waals surface area contributed by atoms with Gasteiger partial charge in [-0.25, -0.2) is 0 Å². The van der Waals surface area contributed by atoms with Crippen LogP contribution in [-0.2, 0) is 16.1 Å². The van der Waals surface area contributed by atoms with Crippen molar-refractivity contribution in [2.24, 2.45) is 5.92 Å². The summed E-state index contributed by atoms with van der Waals surface area (Å²) in [6.07, 6.45) is 1.38. The Hall–Kier alpha value is -2.09. The Morgan fingerprint density at radius 1 is 1.19 bits per heavy atom. The molecule has 2 aromatic rings. The van der Waals surface area contributed by atoms with Gasteiger partial charge < -0.3 is 15.7 Å². The van der Waals surface area contributed by atoms with Gasteiger partial charge in [-0.05, 0) is 50.2 Å². The summed E-state index contributed by atoms with van der Waals surface area (Å²) in [6.45, 7) is 2.19.